The molecule has 6 nitrogen and oxygen atoms in total. The van der Waals surface area contributed by atoms with Crippen molar-refractivity contribution in [2.75, 3.05) is 18.0 Å². The number of nitrogens with zero attached hydrogens (tertiary/aromatic N) is 1. The van der Waals surface area contributed by atoms with Gasteiger partial charge in [0.1, 0.15) is 5.60 Å². The molecule has 2 fully saturated rings. The van der Waals surface area contributed by atoms with Crippen molar-refractivity contribution in [2.45, 2.75) is 84.2 Å². The quantitative estimate of drug-likeness (QED) is 0.785. The largest absolute Gasteiger partial charge is 0.494 e. The topological polar surface area (TPSA) is 60.0 Å². The molecule has 1 aromatic carbocycles. The summed E-state index contributed by atoms with van der Waals surface area (Å²) in [7, 11) is -0.468. The summed E-state index contributed by atoms with van der Waals surface area (Å²) in [4.78, 5) is 14.9. The molecule has 2 aliphatic rings. The predicted octanol–water partition coefficient (Wildman–Crippen LogP) is 3.48. The summed E-state index contributed by atoms with van der Waals surface area (Å²) < 4.78 is 18.1. The van der Waals surface area contributed by atoms with E-state index in [2.05, 4.69) is 5.32 Å². The Hall–Kier alpha value is -1.57. The Balaban J connectivity index is 1.90. The SMILES string of the molecule is CC(C)(C)OC(=O)N(c1cccc(B2OC(C)(C)C(C)(C)O2)c1)C1CCCNC1. The van der Waals surface area contributed by atoms with Crippen molar-refractivity contribution in [3.05, 3.63) is 24.3 Å². The number of carbonyl (C=O) groups excluding carboxylic acids is 1. The normalized spacial score (nSPS) is 23.7. The minimum absolute atomic E-state index is 0.0483. The number of piperidine rings is 1. The first-order valence-electron chi connectivity index (χ1n) is 10.6. The smallest absolute Gasteiger partial charge is 0.443 e. The minimum atomic E-state index is -0.555. The lowest BCUT2D eigenvalue weighted by atomic mass is 9.79. The molecule has 0 saturated carbocycles. The number of amides is 1. The Labute approximate surface area is 175 Å². The Kier molecular flexibility index (Phi) is 6.05. The second-order valence-electron chi connectivity index (χ2n) is 10.0. The molecule has 2 heterocycles. The zero-order valence-corrected chi connectivity index (χ0v) is 18.9. The van der Waals surface area contributed by atoms with Crippen LogP contribution in [0.25, 0.3) is 0 Å². The molecule has 1 N–H and O–H groups in total. The van der Waals surface area contributed by atoms with Crippen LogP contribution in [0.5, 0.6) is 0 Å². The lowest BCUT2D eigenvalue weighted by molar-refractivity contribution is 0.00578. The van der Waals surface area contributed by atoms with Crippen molar-refractivity contribution < 1.29 is 18.8 Å². The van der Waals surface area contributed by atoms with Crippen LogP contribution in [0.3, 0.4) is 0 Å². The molecule has 7 heteroatoms. The van der Waals surface area contributed by atoms with E-state index in [1.807, 2.05) is 72.7 Å². The highest BCUT2D eigenvalue weighted by atomic mass is 16.7. The molecule has 1 amide bonds. The molecule has 0 aromatic heterocycles. The molecule has 3 rings (SSSR count). The van der Waals surface area contributed by atoms with Crippen molar-refractivity contribution in [3.63, 3.8) is 0 Å². The maximum atomic E-state index is 13.1. The monoisotopic (exact) mass is 402 g/mol. The fourth-order valence-electron chi connectivity index (χ4n) is 3.63. The molecule has 1 unspecified atom stereocenters. The second kappa shape index (κ2) is 7.93. The van der Waals surface area contributed by atoms with E-state index in [1.54, 1.807) is 4.90 Å². The summed E-state index contributed by atoms with van der Waals surface area (Å²) in [5.74, 6) is 0. The average Bonchev–Trinajstić information content (AvgIpc) is 2.82. The summed E-state index contributed by atoms with van der Waals surface area (Å²) in [6, 6.07) is 7.92. The van der Waals surface area contributed by atoms with E-state index < -0.39 is 23.9 Å². The number of benzene rings is 1. The van der Waals surface area contributed by atoms with Crippen LogP contribution < -0.4 is 15.7 Å². The number of anilines is 1. The Bertz CT molecular complexity index is 723. The van der Waals surface area contributed by atoms with Gasteiger partial charge in [-0.15, -0.1) is 0 Å². The zero-order chi connectivity index (χ0) is 21.4. The third kappa shape index (κ3) is 4.96. The highest BCUT2D eigenvalue weighted by Crippen LogP contribution is 2.36. The van der Waals surface area contributed by atoms with Crippen LogP contribution in [0.15, 0.2) is 24.3 Å². The molecule has 1 aromatic rings. The first-order valence-corrected chi connectivity index (χ1v) is 10.6. The molecular formula is C22H35BN2O4. The number of hydrogen-bond donors (Lipinski definition) is 1. The standard InChI is InChI=1S/C22H35BN2O4/c1-20(2,3)27-19(26)25(18-12-9-13-24-15-18)17-11-8-10-16(14-17)23-28-21(4,5)22(6,7)29-23/h8,10-11,14,18,24H,9,12-13,15H2,1-7H3. The molecule has 0 aliphatic carbocycles. The highest BCUT2D eigenvalue weighted by Gasteiger charge is 2.51. The van der Waals surface area contributed by atoms with E-state index in [4.69, 9.17) is 14.0 Å². The van der Waals surface area contributed by atoms with Gasteiger partial charge in [-0.05, 0) is 85.4 Å². The first-order chi connectivity index (χ1) is 13.4. The summed E-state index contributed by atoms with van der Waals surface area (Å²) in [5, 5.41) is 3.40. The average molecular weight is 402 g/mol. The highest BCUT2D eigenvalue weighted by molar-refractivity contribution is 6.62. The van der Waals surface area contributed by atoms with Crippen LogP contribution >= 0.6 is 0 Å². The van der Waals surface area contributed by atoms with E-state index in [0.29, 0.717) is 0 Å². The van der Waals surface area contributed by atoms with Gasteiger partial charge in [0.2, 0.25) is 0 Å². The van der Waals surface area contributed by atoms with Gasteiger partial charge in [-0.1, -0.05) is 12.1 Å². The van der Waals surface area contributed by atoms with E-state index >= 15 is 0 Å². The summed E-state index contributed by atoms with van der Waals surface area (Å²) in [6.45, 7) is 15.6. The van der Waals surface area contributed by atoms with Gasteiger partial charge in [0, 0.05) is 12.2 Å². The van der Waals surface area contributed by atoms with Crippen molar-refractivity contribution in [2.24, 2.45) is 0 Å². The summed E-state index contributed by atoms with van der Waals surface area (Å²) in [6.07, 6.45) is 1.64. The maximum Gasteiger partial charge on any atom is 0.494 e. The molecule has 2 saturated heterocycles. The summed E-state index contributed by atoms with van der Waals surface area (Å²) >= 11 is 0. The number of nitrogens with one attached hydrogen (secondary N) is 1. The Morgan fingerprint density at radius 2 is 1.86 bits per heavy atom. The van der Waals surface area contributed by atoms with E-state index in [-0.39, 0.29) is 12.1 Å². The van der Waals surface area contributed by atoms with E-state index in [1.165, 1.54) is 0 Å². The fourth-order valence-corrected chi connectivity index (χ4v) is 3.63. The van der Waals surface area contributed by atoms with Gasteiger partial charge in [-0.3, -0.25) is 4.90 Å². The van der Waals surface area contributed by atoms with Crippen LogP contribution in [-0.4, -0.2) is 49.1 Å². The molecular weight excluding hydrogens is 367 g/mol. The summed E-state index contributed by atoms with van der Waals surface area (Å²) in [5.41, 5.74) is 0.330. The lowest BCUT2D eigenvalue weighted by Crippen LogP contribution is -2.50. The van der Waals surface area contributed by atoms with Crippen LogP contribution in [0.1, 0.15) is 61.3 Å². The molecule has 0 radical (unpaired) electrons. The zero-order valence-electron chi connectivity index (χ0n) is 18.9. The molecule has 160 valence electrons. The van der Waals surface area contributed by atoms with Gasteiger partial charge in [0.05, 0.1) is 17.2 Å². The Morgan fingerprint density at radius 1 is 1.21 bits per heavy atom. The molecule has 1 atom stereocenters. The number of hydrogen-bond acceptors (Lipinski definition) is 5. The van der Waals surface area contributed by atoms with Crippen LogP contribution in [0, 0.1) is 0 Å². The lowest BCUT2D eigenvalue weighted by Gasteiger charge is -2.36. The van der Waals surface area contributed by atoms with Crippen LogP contribution in [0.2, 0.25) is 0 Å². The Morgan fingerprint density at radius 3 is 2.41 bits per heavy atom. The number of carbonyl (C=O) groups is 1. The van der Waals surface area contributed by atoms with E-state index in [9.17, 15) is 4.79 Å². The van der Waals surface area contributed by atoms with Gasteiger partial charge in [0.25, 0.3) is 0 Å². The third-order valence-electron chi connectivity index (χ3n) is 5.90. The molecule has 2 aliphatic heterocycles. The van der Waals surface area contributed by atoms with E-state index in [0.717, 1.165) is 37.1 Å². The van der Waals surface area contributed by atoms with Gasteiger partial charge < -0.3 is 19.4 Å². The molecule has 0 bridgehead atoms. The predicted molar refractivity (Wildman–Crippen MR) is 117 cm³/mol. The number of ether oxygens (including phenoxy) is 1. The molecule has 0 spiro atoms. The second-order valence-corrected chi connectivity index (χ2v) is 10.0. The number of rotatable bonds is 3. The maximum absolute atomic E-state index is 13.1. The van der Waals surface area contributed by atoms with Crippen molar-refractivity contribution >= 4 is 24.4 Å². The van der Waals surface area contributed by atoms with Crippen molar-refractivity contribution in [1.29, 1.82) is 0 Å². The van der Waals surface area contributed by atoms with Crippen LogP contribution in [0.4, 0.5) is 10.5 Å². The fraction of sp³-hybridized carbons (Fsp3) is 0.682. The van der Waals surface area contributed by atoms with Gasteiger partial charge in [0.15, 0.2) is 0 Å². The van der Waals surface area contributed by atoms with Gasteiger partial charge >= 0.3 is 13.2 Å². The first kappa shape index (κ1) is 22.1. The van der Waals surface area contributed by atoms with Crippen LogP contribution in [-0.2, 0) is 14.0 Å². The van der Waals surface area contributed by atoms with Crippen molar-refractivity contribution in [3.8, 4) is 0 Å². The van der Waals surface area contributed by atoms with Gasteiger partial charge in [-0.25, -0.2) is 4.79 Å². The third-order valence-corrected chi connectivity index (χ3v) is 5.90. The van der Waals surface area contributed by atoms with Crippen molar-refractivity contribution in [1.82, 2.24) is 5.32 Å². The van der Waals surface area contributed by atoms with Gasteiger partial charge in [-0.2, -0.15) is 0 Å². The molecule has 29 heavy (non-hydrogen) atoms. The minimum Gasteiger partial charge on any atom is -0.443 e.